The number of carboxylic acids is 1. The summed E-state index contributed by atoms with van der Waals surface area (Å²) in [7, 11) is 0. The number of nitrogens with zero attached hydrogens (tertiary/aromatic N) is 1. The molecule has 0 spiro atoms. The highest BCUT2D eigenvalue weighted by atomic mass is 35.5. The van der Waals surface area contributed by atoms with Gasteiger partial charge in [0.1, 0.15) is 18.0 Å². The Morgan fingerprint density at radius 3 is 1.86 bits per heavy atom. The highest BCUT2D eigenvalue weighted by Gasteiger charge is 2.38. The number of amides is 1. The van der Waals surface area contributed by atoms with Crippen molar-refractivity contribution in [2.45, 2.75) is 12.4 Å². The van der Waals surface area contributed by atoms with Crippen LogP contribution in [0.4, 0.5) is 32.0 Å². The van der Waals surface area contributed by atoms with Crippen LogP contribution in [0.1, 0.15) is 21.5 Å². The number of halogens is 8. The lowest BCUT2D eigenvalue weighted by Gasteiger charge is -2.23. The van der Waals surface area contributed by atoms with E-state index in [0.29, 0.717) is 16.0 Å². The summed E-state index contributed by atoms with van der Waals surface area (Å²) in [6.45, 7) is -1.16. The van der Waals surface area contributed by atoms with Crippen LogP contribution in [0.3, 0.4) is 0 Å². The highest BCUT2D eigenvalue weighted by Crippen LogP contribution is 2.42. The number of aliphatic carboxylic acids is 1. The van der Waals surface area contributed by atoms with Gasteiger partial charge in [0.15, 0.2) is 5.75 Å². The first-order valence-corrected chi connectivity index (χ1v) is 12.7. The minimum Gasteiger partial charge on any atom is -0.507 e. The number of benzene rings is 4. The maximum absolute atomic E-state index is 13.4. The summed E-state index contributed by atoms with van der Waals surface area (Å²) in [5, 5.41) is 19.1. The number of carbonyl (C=O) groups excluding carboxylic acids is 1. The Bertz CT molecular complexity index is 1640. The molecule has 0 aliphatic heterocycles. The molecule has 0 saturated heterocycles. The monoisotopic (exact) mass is 643 g/mol. The third-order valence-corrected chi connectivity index (χ3v) is 6.50. The second kappa shape index (κ2) is 12.1. The van der Waals surface area contributed by atoms with Crippen molar-refractivity contribution >= 4 is 40.8 Å². The highest BCUT2D eigenvalue weighted by molar-refractivity contribution is 6.37. The SMILES string of the molecule is O=C(O)CN(C(=O)c1cc(C(F)(F)F)cc(C(F)(F)F)c1)c1cc(Cl)c(Oc2ccc(O)c(-c3ccccc3)c2)c(Cl)c1. The van der Waals surface area contributed by atoms with E-state index in [4.69, 9.17) is 27.9 Å². The van der Waals surface area contributed by atoms with Crippen LogP contribution in [-0.4, -0.2) is 28.6 Å². The minimum atomic E-state index is -5.24. The summed E-state index contributed by atoms with van der Waals surface area (Å²) in [5.41, 5.74) is -3.89. The first kappa shape index (κ1) is 31.5. The first-order chi connectivity index (χ1) is 20.0. The minimum absolute atomic E-state index is 0.0582. The molecule has 4 aromatic carbocycles. The van der Waals surface area contributed by atoms with Crippen LogP contribution in [-0.2, 0) is 17.1 Å². The Balaban J connectivity index is 1.73. The van der Waals surface area contributed by atoms with E-state index in [1.807, 2.05) is 0 Å². The van der Waals surface area contributed by atoms with Crippen LogP contribution in [0, 0.1) is 0 Å². The second-order valence-corrected chi connectivity index (χ2v) is 9.78. The van der Waals surface area contributed by atoms with Crippen molar-refractivity contribution in [2.24, 2.45) is 0 Å². The van der Waals surface area contributed by atoms with Crippen LogP contribution >= 0.6 is 23.2 Å². The number of carboxylic acid groups (broad SMARTS) is 1. The summed E-state index contributed by atoms with van der Waals surface area (Å²) >= 11 is 12.7. The lowest BCUT2D eigenvalue weighted by atomic mass is 10.0. The normalized spacial score (nSPS) is 11.7. The molecule has 0 atom stereocenters. The molecule has 0 aromatic heterocycles. The van der Waals surface area contributed by atoms with Gasteiger partial charge in [-0.2, -0.15) is 26.3 Å². The molecule has 224 valence electrons. The smallest absolute Gasteiger partial charge is 0.416 e. The molecular weight excluding hydrogens is 627 g/mol. The molecular formula is C29H17Cl2F6NO5. The fraction of sp³-hybridized carbons (Fsp3) is 0.103. The number of hydrogen-bond donors (Lipinski definition) is 2. The zero-order valence-electron chi connectivity index (χ0n) is 21.3. The third-order valence-electron chi connectivity index (χ3n) is 5.94. The molecule has 43 heavy (non-hydrogen) atoms. The predicted molar refractivity (Wildman–Crippen MR) is 146 cm³/mol. The van der Waals surface area contributed by atoms with Gasteiger partial charge < -0.3 is 14.9 Å². The van der Waals surface area contributed by atoms with Crippen molar-refractivity contribution in [1.82, 2.24) is 0 Å². The molecule has 0 radical (unpaired) electrons. The predicted octanol–water partition coefficient (Wildman–Crippen LogP) is 8.93. The third kappa shape index (κ3) is 7.33. The van der Waals surface area contributed by atoms with Crippen molar-refractivity contribution in [2.75, 3.05) is 11.4 Å². The number of alkyl halides is 6. The number of aromatic hydroxyl groups is 1. The van der Waals surface area contributed by atoms with Crippen LogP contribution in [0.15, 0.2) is 78.9 Å². The Labute approximate surface area is 249 Å². The van der Waals surface area contributed by atoms with E-state index >= 15 is 0 Å². The van der Waals surface area contributed by atoms with Crippen LogP contribution in [0.25, 0.3) is 11.1 Å². The average molecular weight is 644 g/mol. The summed E-state index contributed by atoms with van der Waals surface area (Å²) in [6, 6.07) is 15.2. The molecule has 0 saturated carbocycles. The lowest BCUT2D eigenvalue weighted by molar-refractivity contribution is -0.143. The van der Waals surface area contributed by atoms with E-state index in [-0.39, 0.29) is 51.2 Å². The first-order valence-electron chi connectivity index (χ1n) is 11.9. The average Bonchev–Trinajstić information content (AvgIpc) is 2.93. The van der Waals surface area contributed by atoms with Crippen molar-refractivity contribution in [1.29, 1.82) is 0 Å². The van der Waals surface area contributed by atoms with E-state index in [9.17, 15) is 46.1 Å². The van der Waals surface area contributed by atoms with Crippen LogP contribution < -0.4 is 9.64 Å². The van der Waals surface area contributed by atoms with Gasteiger partial charge in [-0.3, -0.25) is 14.5 Å². The van der Waals surface area contributed by atoms with E-state index in [1.54, 1.807) is 30.3 Å². The topological polar surface area (TPSA) is 87.1 Å². The van der Waals surface area contributed by atoms with Crippen LogP contribution in [0.5, 0.6) is 17.2 Å². The van der Waals surface area contributed by atoms with Gasteiger partial charge in [-0.15, -0.1) is 0 Å². The number of anilines is 1. The molecule has 0 fully saturated rings. The van der Waals surface area contributed by atoms with Gasteiger partial charge in [0.2, 0.25) is 0 Å². The number of rotatable bonds is 7. The molecule has 14 heteroatoms. The second-order valence-electron chi connectivity index (χ2n) is 8.97. The number of phenols is 1. The summed E-state index contributed by atoms with van der Waals surface area (Å²) in [4.78, 5) is 25.2. The molecule has 6 nitrogen and oxygen atoms in total. The molecule has 0 aliphatic rings. The summed E-state index contributed by atoms with van der Waals surface area (Å²) < 4.78 is 85.9. The maximum Gasteiger partial charge on any atom is 0.416 e. The fourth-order valence-electron chi connectivity index (χ4n) is 4.00. The molecule has 0 bridgehead atoms. The van der Waals surface area contributed by atoms with Gasteiger partial charge >= 0.3 is 18.3 Å². The van der Waals surface area contributed by atoms with Gasteiger partial charge in [-0.25, -0.2) is 0 Å². The van der Waals surface area contributed by atoms with Crippen molar-refractivity contribution in [3.8, 4) is 28.4 Å². The number of ether oxygens (including phenoxy) is 1. The Morgan fingerprint density at radius 2 is 1.35 bits per heavy atom. The lowest BCUT2D eigenvalue weighted by Crippen LogP contribution is -2.36. The zero-order valence-corrected chi connectivity index (χ0v) is 22.8. The molecule has 0 unspecified atom stereocenters. The summed E-state index contributed by atoms with van der Waals surface area (Å²) in [6.07, 6.45) is -10.5. The molecule has 1 amide bonds. The van der Waals surface area contributed by atoms with Gasteiger partial charge in [0.25, 0.3) is 5.91 Å². The molecule has 0 heterocycles. The quantitative estimate of drug-likeness (QED) is 0.196. The standard InChI is InChI=1S/C29H17Cl2F6NO5/c30-22-11-19(12-23(31)26(22)43-20-6-7-24(39)21(13-20)15-4-2-1-3-5-15)38(14-25(40)41)27(42)16-8-17(28(32,33)34)10-18(9-16)29(35,36)37/h1-13,39H,14H2,(H,40,41). The number of hydrogen-bond acceptors (Lipinski definition) is 4. The van der Waals surface area contributed by atoms with E-state index in [1.165, 1.54) is 18.2 Å². The van der Waals surface area contributed by atoms with E-state index in [0.717, 1.165) is 12.1 Å². The van der Waals surface area contributed by atoms with Crippen molar-refractivity contribution < 1.29 is 50.9 Å². The van der Waals surface area contributed by atoms with E-state index in [2.05, 4.69) is 0 Å². The van der Waals surface area contributed by atoms with E-state index < -0.39 is 47.5 Å². The van der Waals surface area contributed by atoms with Gasteiger partial charge in [-0.05, 0) is 54.1 Å². The van der Waals surface area contributed by atoms with Crippen molar-refractivity contribution in [3.63, 3.8) is 0 Å². The van der Waals surface area contributed by atoms with Crippen molar-refractivity contribution in [3.05, 3.63) is 106 Å². The maximum atomic E-state index is 13.4. The molecule has 0 aliphatic carbocycles. The van der Waals surface area contributed by atoms with Gasteiger partial charge in [-0.1, -0.05) is 53.5 Å². The fourth-order valence-corrected chi connectivity index (χ4v) is 4.55. The number of carbonyl (C=O) groups is 2. The molecule has 2 N–H and O–H groups in total. The molecule has 4 rings (SSSR count). The van der Waals surface area contributed by atoms with Gasteiger partial charge in [0.05, 0.1) is 21.2 Å². The Hall–Kier alpha value is -4.42. The zero-order chi connectivity index (χ0) is 31.7. The Kier molecular flexibility index (Phi) is 8.84. The van der Waals surface area contributed by atoms with Crippen LogP contribution in [0.2, 0.25) is 10.0 Å². The largest absolute Gasteiger partial charge is 0.507 e. The molecule has 4 aromatic rings. The number of phenolic OH excluding ortho intramolecular Hbond substituents is 1. The van der Waals surface area contributed by atoms with Gasteiger partial charge in [0, 0.05) is 16.8 Å². The summed E-state index contributed by atoms with van der Waals surface area (Å²) in [5.74, 6) is -3.20. The Morgan fingerprint density at radius 1 is 0.791 bits per heavy atom.